The molecule has 1 fully saturated rings. The van der Waals surface area contributed by atoms with Crippen molar-refractivity contribution in [2.24, 2.45) is 18.9 Å². The Labute approximate surface area is 170 Å². The largest absolute Gasteiger partial charge is 0.493 e. The fourth-order valence-corrected chi connectivity index (χ4v) is 3.90. The highest BCUT2D eigenvalue weighted by atomic mass is 16.5. The summed E-state index contributed by atoms with van der Waals surface area (Å²) in [7, 11) is 1.89. The van der Waals surface area contributed by atoms with E-state index in [9.17, 15) is 9.59 Å². The first-order valence-corrected chi connectivity index (χ1v) is 10.2. The first kappa shape index (κ1) is 19.5. The zero-order valence-corrected chi connectivity index (χ0v) is 17.2. The molecule has 2 heterocycles. The summed E-state index contributed by atoms with van der Waals surface area (Å²) in [6.45, 7) is 5.78. The maximum atomic E-state index is 13.3. The summed E-state index contributed by atoms with van der Waals surface area (Å²) in [4.78, 5) is 27.2. The third kappa shape index (κ3) is 4.13. The molecule has 1 aliphatic carbocycles. The molecule has 29 heavy (non-hydrogen) atoms. The SMILES string of the molecule is CCOC(=O)[C@H]1C[C@@H]1CN(Cc1cc(C)n(C)n1)C(=O)c1ccc2c(c1)CCO2. The van der Waals surface area contributed by atoms with Crippen LogP contribution in [0.5, 0.6) is 5.75 Å². The highest BCUT2D eigenvalue weighted by Gasteiger charge is 2.45. The van der Waals surface area contributed by atoms with Crippen LogP contribution in [0.4, 0.5) is 0 Å². The van der Waals surface area contributed by atoms with Gasteiger partial charge >= 0.3 is 5.97 Å². The van der Waals surface area contributed by atoms with Crippen molar-refractivity contribution < 1.29 is 19.1 Å². The van der Waals surface area contributed by atoms with Crippen LogP contribution in [-0.4, -0.2) is 46.3 Å². The van der Waals surface area contributed by atoms with Crippen LogP contribution < -0.4 is 4.74 Å². The number of hydrogen-bond donors (Lipinski definition) is 0. The van der Waals surface area contributed by atoms with Gasteiger partial charge in [-0.2, -0.15) is 5.10 Å². The first-order chi connectivity index (χ1) is 14.0. The second-order valence-corrected chi connectivity index (χ2v) is 7.86. The lowest BCUT2D eigenvalue weighted by Gasteiger charge is -2.22. The second-order valence-electron chi connectivity index (χ2n) is 7.86. The summed E-state index contributed by atoms with van der Waals surface area (Å²) in [5.41, 5.74) is 3.60. The molecule has 0 N–H and O–H groups in total. The van der Waals surface area contributed by atoms with Gasteiger partial charge in [-0.05, 0) is 56.0 Å². The minimum atomic E-state index is -0.159. The maximum absolute atomic E-state index is 13.3. The molecule has 1 saturated carbocycles. The van der Waals surface area contributed by atoms with Gasteiger partial charge in [-0.25, -0.2) is 0 Å². The Bertz CT molecular complexity index is 917. The van der Waals surface area contributed by atoms with E-state index in [1.165, 1.54) is 0 Å². The summed E-state index contributed by atoms with van der Waals surface area (Å²) in [6.07, 6.45) is 1.59. The molecule has 0 saturated heterocycles. The molecule has 1 aromatic heterocycles. The van der Waals surface area contributed by atoms with E-state index in [-0.39, 0.29) is 23.7 Å². The van der Waals surface area contributed by atoms with Gasteiger partial charge in [-0.1, -0.05) is 0 Å². The molecule has 0 spiro atoms. The van der Waals surface area contributed by atoms with Gasteiger partial charge in [0.1, 0.15) is 5.75 Å². The van der Waals surface area contributed by atoms with E-state index in [1.54, 1.807) is 0 Å². The Hall–Kier alpha value is -2.83. The fraction of sp³-hybridized carbons (Fsp3) is 0.500. The van der Waals surface area contributed by atoms with Crippen LogP contribution in [0.2, 0.25) is 0 Å². The third-order valence-corrected chi connectivity index (χ3v) is 5.71. The van der Waals surface area contributed by atoms with Crippen molar-refractivity contribution in [3.05, 3.63) is 46.8 Å². The smallest absolute Gasteiger partial charge is 0.309 e. The lowest BCUT2D eigenvalue weighted by molar-refractivity contribution is -0.145. The first-order valence-electron chi connectivity index (χ1n) is 10.2. The Morgan fingerprint density at radius 2 is 2.17 bits per heavy atom. The number of carbonyl (C=O) groups is 2. The number of aryl methyl sites for hydroxylation is 2. The molecule has 1 amide bonds. The highest BCUT2D eigenvalue weighted by molar-refractivity contribution is 5.94. The third-order valence-electron chi connectivity index (χ3n) is 5.71. The number of esters is 1. The fourth-order valence-electron chi connectivity index (χ4n) is 3.90. The van der Waals surface area contributed by atoms with Crippen molar-refractivity contribution in [3.8, 4) is 5.75 Å². The lowest BCUT2D eigenvalue weighted by atomic mass is 10.1. The van der Waals surface area contributed by atoms with Crippen LogP contribution in [0.15, 0.2) is 24.3 Å². The Kier molecular flexibility index (Phi) is 5.30. The van der Waals surface area contributed by atoms with Gasteiger partial charge in [0.2, 0.25) is 0 Å². The predicted molar refractivity (Wildman–Crippen MR) is 107 cm³/mol. The lowest BCUT2D eigenvalue weighted by Crippen LogP contribution is -2.33. The van der Waals surface area contributed by atoms with Crippen LogP contribution in [0, 0.1) is 18.8 Å². The van der Waals surface area contributed by atoms with E-state index in [2.05, 4.69) is 5.10 Å². The Morgan fingerprint density at radius 1 is 1.34 bits per heavy atom. The standard InChI is InChI=1S/C22H27N3O4/c1-4-28-22(27)19-11-17(19)12-25(13-18-9-14(2)24(3)23-18)21(26)16-5-6-20-15(10-16)7-8-29-20/h5-6,9-10,17,19H,4,7-8,11-13H2,1-3H3/t17-,19+/m1/s1. The summed E-state index contributed by atoms with van der Waals surface area (Å²) < 4.78 is 12.5. The molecule has 7 heteroatoms. The second kappa shape index (κ2) is 7.89. The van der Waals surface area contributed by atoms with E-state index in [1.807, 2.05) is 54.7 Å². The minimum Gasteiger partial charge on any atom is -0.493 e. The molecule has 0 unspecified atom stereocenters. The summed E-state index contributed by atoms with van der Waals surface area (Å²) in [5, 5.41) is 4.51. The molecule has 0 bridgehead atoms. The van der Waals surface area contributed by atoms with Crippen LogP contribution in [-0.2, 0) is 29.5 Å². The number of nitrogens with zero attached hydrogens (tertiary/aromatic N) is 3. The molecular weight excluding hydrogens is 370 g/mol. The molecule has 154 valence electrons. The average Bonchev–Trinajstić information content (AvgIpc) is 3.17. The van der Waals surface area contributed by atoms with Gasteiger partial charge < -0.3 is 14.4 Å². The van der Waals surface area contributed by atoms with E-state index in [0.717, 1.165) is 35.5 Å². The van der Waals surface area contributed by atoms with Gasteiger partial charge in [-0.15, -0.1) is 0 Å². The molecule has 4 rings (SSSR count). The monoisotopic (exact) mass is 397 g/mol. The molecule has 2 atom stereocenters. The normalized spacial score (nSPS) is 19.4. The highest BCUT2D eigenvalue weighted by Crippen LogP contribution is 2.40. The van der Waals surface area contributed by atoms with Crippen LogP contribution in [0.1, 0.15) is 40.7 Å². The van der Waals surface area contributed by atoms with Crippen LogP contribution >= 0.6 is 0 Å². The van der Waals surface area contributed by atoms with Crippen molar-refractivity contribution in [1.29, 1.82) is 0 Å². The molecule has 2 aliphatic rings. The predicted octanol–water partition coefficient (Wildman–Crippen LogP) is 2.51. The number of rotatable bonds is 7. The maximum Gasteiger partial charge on any atom is 0.309 e. The van der Waals surface area contributed by atoms with E-state index in [4.69, 9.17) is 9.47 Å². The quantitative estimate of drug-likeness (QED) is 0.671. The molecule has 1 aromatic carbocycles. The van der Waals surface area contributed by atoms with E-state index in [0.29, 0.717) is 31.9 Å². The van der Waals surface area contributed by atoms with Crippen molar-refractivity contribution in [2.75, 3.05) is 19.8 Å². The summed E-state index contributed by atoms with van der Waals surface area (Å²) in [5.74, 6) is 0.688. The number of ether oxygens (including phenoxy) is 2. The van der Waals surface area contributed by atoms with Crippen LogP contribution in [0.3, 0.4) is 0 Å². The van der Waals surface area contributed by atoms with Crippen molar-refractivity contribution in [3.63, 3.8) is 0 Å². The summed E-state index contributed by atoms with van der Waals surface area (Å²) in [6, 6.07) is 7.61. The van der Waals surface area contributed by atoms with Gasteiger partial charge in [0.25, 0.3) is 5.91 Å². The van der Waals surface area contributed by atoms with Crippen molar-refractivity contribution >= 4 is 11.9 Å². The zero-order chi connectivity index (χ0) is 20.5. The van der Waals surface area contributed by atoms with Gasteiger partial charge in [-0.3, -0.25) is 14.3 Å². The minimum absolute atomic E-state index is 0.0440. The van der Waals surface area contributed by atoms with Gasteiger partial charge in [0, 0.05) is 31.3 Å². The molecule has 1 aliphatic heterocycles. The Morgan fingerprint density at radius 3 is 2.90 bits per heavy atom. The van der Waals surface area contributed by atoms with E-state index < -0.39 is 0 Å². The molecule has 7 nitrogen and oxygen atoms in total. The topological polar surface area (TPSA) is 73.7 Å². The van der Waals surface area contributed by atoms with E-state index >= 15 is 0 Å². The van der Waals surface area contributed by atoms with Crippen molar-refractivity contribution in [1.82, 2.24) is 14.7 Å². The van der Waals surface area contributed by atoms with Gasteiger partial charge in [0.15, 0.2) is 0 Å². The zero-order valence-electron chi connectivity index (χ0n) is 17.2. The number of benzene rings is 1. The summed E-state index contributed by atoms with van der Waals surface area (Å²) >= 11 is 0. The van der Waals surface area contributed by atoms with Crippen LogP contribution in [0.25, 0.3) is 0 Å². The average molecular weight is 397 g/mol. The Balaban J connectivity index is 1.52. The number of carbonyl (C=O) groups excluding carboxylic acids is 2. The molecular formula is C22H27N3O4. The number of amides is 1. The van der Waals surface area contributed by atoms with Gasteiger partial charge in [0.05, 0.1) is 31.4 Å². The number of hydrogen-bond acceptors (Lipinski definition) is 5. The number of fused-ring (bicyclic) bond motifs is 1. The van der Waals surface area contributed by atoms with Crippen molar-refractivity contribution in [2.45, 2.75) is 33.2 Å². The molecule has 2 aromatic rings. The molecule has 0 radical (unpaired) electrons. The number of aromatic nitrogens is 2.